The van der Waals surface area contributed by atoms with Gasteiger partial charge in [0.2, 0.25) is 17.7 Å². The lowest BCUT2D eigenvalue weighted by atomic mass is 10.0. The second kappa shape index (κ2) is 16.9. The molecule has 1 aromatic heterocycles. The van der Waals surface area contributed by atoms with Crippen LogP contribution in [0, 0.1) is 5.92 Å². The van der Waals surface area contributed by atoms with Crippen molar-refractivity contribution in [2.75, 3.05) is 13.1 Å². The van der Waals surface area contributed by atoms with E-state index in [2.05, 4.69) is 30.9 Å². The van der Waals surface area contributed by atoms with Crippen LogP contribution < -0.4 is 38.9 Å². The number of carbonyl (C=O) groups is 4. The highest BCUT2D eigenvalue weighted by molar-refractivity contribution is 5.94. The molecule has 38 heavy (non-hydrogen) atoms. The Balaban J connectivity index is 2.96. The summed E-state index contributed by atoms with van der Waals surface area (Å²) in [6, 6.07) is -4.17. The number of hydrogen-bond acceptors (Lipinski definition) is 8. The lowest BCUT2D eigenvalue weighted by molar-refractivity contribution is -0.142. The molecule has 0 fully saturated rings. The average Bonchev–Trinajstić information content (AvgIpc) is 3.36. The molecule has 4 atom stereocenters. The number of H-pyrrole nitrogens is 1. The van der Waals surface area contributed by atoms with E-state index in [1.165, 1.54) is 12.5 Å². The Morgan fingerprint density at radius 3 is 2.24 bits per heavy atom. The maximum Gasteiger partial charge on any atom is 0.326 e. The number of nitrogens with two attached hydrogens (primary N) is 4. The zero-order chi connectivity index (χ0) is 28.7. The number of aromatic nitrogens is 2. The van der Waals surface area contributed by atoms with Crippen LogP contribution in [0.15, 0.2) is 17.5 Å². The van der Waals surface area contributed by atoms with Crippen LogP contribution in [0.1, 0.15) is 51.6 Å². The van der Waals surface area contributed by atoms with Crippen molar-refractivity contribution in [2.24, 2.45) is 33.8 Å². The summed E-state index contributed by atoms with van der Waals surface area (Å²) >= 11 is 0. The Hall–Kier alpha value is -3.72. The molecule has 0 aromatic carbocycles. The van der Waals surface area contributed by atoms with Gasteiger partial charge in [0.05, 0.1) is 12.4 Å². The first-order chi connectivity index (χ1) is 18.0. The molecule has 13 N–H and O–H groups in total. The van der Waals surface area contributed by atoms with Gasteiger partial charge < -0.3 is 49.0 Å². The predicted molar refractivity (Wildman–Crippen MR) is 141 cm³/mol. The summed E-state index contributed by atoms with van der Waals surface area (Å²) in [6.45, 7) is 4.17. The van der Waals surface area contributed by atoms with Crippen molar-refractivity contribution < 1.29 is 24.3 Å². The molecule has 15 nitrogen and oxygen atoms in total. The van der Waals surface area contributed by atoms with Crippen molar-refractivity contribution >= 4 is 29.7 Å². The molecule has 0 aliphatic carbocycles. The van der Waals surface area contributed by atoms with Gasteiger partial charge in [0.1, 0.15) is 18.1 Å². The number of nitrogens with zero attached hydrogens (tertiary/aromatic N) is 2. The first kappa shape index (κ1) is 32.3. The smallest absolute Gasteiger partial charge is 0.326 e. The van der Waals surface area contributed by atoms with Gasteiger partial charge in [0.25, 0.3) is 0 Å². The van der Waals surface area contributed by atoms with Crippen LogP contribution in [0.25, 0.3) is 0 Å². The van der Waals surface area contributed by atoms with Crippen LogP contribution in [-0.4, -0.2) is 82.0 Å². The third kappa shape index (κ3) is 12.0. The third-order valence-corrected chi connectivity index (χ3v) is 5.72. The Labute approximate surface area is 222 Å². The lowest BCUT2D eigenvalue weighted by Crippen LogP contribution is -2.58. The van der Waals surface area contributed by atoms with Gasteiger partial charge in [0.15, 0.2) is 5.96 Å². The maximum atomic E-state index is 13.2. The normalized spacial score (nSPS) is 14.1. The minimum Gasteiger partial charge on any atom is -0.480 e. The number of carboxylic acid groups (broad SMARTS) is 1. The molecular weight excluding hydrogens is 496 g/mol. The van der Waals surface area contributed by atoms with Crippen LogP contribution in [0.2, 0.25) is 0 Å². The zero-order valence-corrected chi connectivity index (χ0v) is 22.0. The Morgan fingerprint density at radius 1 is 1.00 bits per heavy atom. The van der Waals surface area contributed by atoms with Crippen molar-refractivity contribution in [3.05, 3.63) is 18.2 Å². The molecule has 1 heterocycles. The van der Waals surface area contributed by atoms with Gasteiger partial charge >= 0.3 is 5.97 Å². The number of rotatable bonds is 18. The van der Waals surface area contributed by atoms with Crippen LogP contribution in [-0.2, 0) is 25.6 Å². The van der Waals surface area contributed by atoms with Crippen LogP contribution in [0.4, 0.5) is 0 Å². The average molecular weight is 539 g/mol. The highest BCUT2D eigenvalue weighted by Crippen LogP contribution is 2.08. The van der Waals surface area contributed by atoms with Gasteiger partial charge in [-0.05, 0) is 38.1 Å². The molecule has 0 saturated carbocycles. The fraction of sp³-hybridized carbons (Fsp3) is 0.652. The van der Waals surface area contributed by atoms with E-state index in [0.717, 1.165) is 6.42 Å². The van der Waals surface area contributed by atoms with Crippen molar-refractivity contribution in [3.63, 3.8) is 0 Å². The fourth-order valence-electron chi connectivity index (χ4n) is 3.56. The Morgan fingerprint density at radius 2 is 1.68 bits per heavy atom. The molecule has 0 bridgehead atoms. The molecule has 0 radical (unpaired) electrons. The summed E-state index contributed by atoms with van der Waals surface area (Å²) in [7, 11) is 0. The predicted octanol–water partition coefficient (Wildman–Crippen LogP) is -2.34. The van der Waals surface area contributed by atoms with E-state index in [4.69, 9.17) is 22.9 Å². The van der Waals surface area contributed by atoms with Crippen molar-refractivity contribution in [1.29, 1.82) is 0 Å². The molecule has 1 rings (SSSR count). The Bertz CT molecular complexity index is 918. The number of aliphatic carboxylic acids is 1. The number of aliphatic imine (C=N–C) groups is 1. The van der Waals surface area contributed by atoms with E-state index in [0.29, 0.717) is 31.5 Å². The summed E-state index contributed by atoms with van der Waals surface area (Å²) in [5.41, 5.74) is 22.5. The number of carbonyl (C=O) groups excluding carboxylic acids is 3. The first-order valence-electron chi connectivity index (χ1n) is 12.6. The third-order valence-electron chi connectivity index (χ3n) is 5.72. The summed E-state index contributed by atoms with van der Waals surface area (Å²) < 4.78 is 0. The summed E-state index contributed by atoms with van der Waals surface area (Å²) in [5, 5.41) is 17.3. The van der Waals surface area contributed by atoms with Crippen molar-refractivity contribution in [2.45, 2.75) is 76.5 Å². The van der Waals surface area contributed by atoms with E-state index in [1.807, 2.05) is 0 Å². The van der Waals surface area contributed by atoms with Crippen LogP contribution in [0.5, 0.6) is 0 Å². The van der Waals surface area contributed by atoms with Crippen molar-refractivity contribution in [3.8, 4) is 0 Å². The van der Waals surface area contributed by atoms with Crippen molar-refractivity contribution in [1.82, 2.24) is 25.9 Å². The number of imidazole rings is 1. The van der Waals surface area contributed by atoms with Crippen LogP contribution in [0.3, 0.4) is 0 Å². The minimum absolute atomic E-state index is 0.00920. The Kier molecular flexibility index (Phi) is 14.4. The SMILES string of the molecule is CC(C)C(NC(=O)C(N)CCCCN)C(=O)NC(Cc1cnc[nH]1)C(=O)NC(CCCN=C(N)N)C(=O)O. The van der Waals surface area contributed by atoms with Gasteiger partial charge in [-0.2, -0.15) is 0 Å². The molecule has 0 aliphatic rings. The number of carboxylic acids is 1. The first-order valence-corrected chi connectivity index (χ1v) is 12.6. The number of aromatic amines is 1. The van der Waals surface area contributed by atoms with Gasteiger partial charge in [-0.25, -0.2) is 9.78 Å². The topological polar surface area (TPSA) is 270 Å². The summed E-state index contributed by atoms with van der Waals surface area (Å²) in [6.07, 6.45) is 5.10. The van der Waals surface area contributed by atoms with E-state index in [1.54, 1.807) is 13.8 Å². The molecule has 0 aliphatic heterocycles. The second-order valence-electron chi connectivity index (χ2n) is 9.31. The highest BCUT2D eigenvalue weighted by atomic mass is 16.4. The largest absolute Gasteiger partial charge is 0.480 e. The lowest BCUT2D eigenvalue weighted by Gasteiger charge is -2.27. The molecule has 15 heteroatoms. The molecule has 4 unspecified atom stereocenters. The number of guanidine groups is 1. The minimum atomic E-state index is -1.24. The summed E-state index contributed by atoms with van der Waals surface area (Å²) in [4.78, 5) is 61.2. The molecule has 3 amide bonds. The number of unbranched alkanes of at least 4 members (excludes halogenated alkanes) is 1. The number of nitrogens with one attached hydrogen (secondary N) is 4. The van der Waals surface area contributed by atoms with E-state index < -0.39 is 47.9 Å². The van der Waals surface area contributed by atoms with E-state index >= 15 is 0 Å². The molecule has 1 aromatic rings. The molecule has 214 valence electrons. The van der Waals surface area contributed by atoms with Gasteiger partial charge in [-0.3, -0.25) is 19.4 Å². The number of hydrogen-bond donors (Lipinski definition) is 9. The standard InChI is InChI=1S/C23H42N10O5/c1-13(2)18(33-19(34)15(25)6-3-4-8-24)21(36)32-17(10-14-11-28-12-30-14)20(35)31-16(22(37)38)7-5-9-29-23(26)27/h11-13,15-18H,3-10,24-25H2,1-2H3,(H,28,30)(H,31,35)(H,32,36)(H,33,34)(H,37,38)(H4,26,27,29). The molecular formula is C23H42N10O5. The highest BCUT2D eigenvalue weighted by Gasteiger charge is 2.32. The monoisotopic (exact) mass is 538 g/mol. The van der Waals surface area contributed by atoms with E-state index in [9.17, 15) is 24.3 Å². The quantitative estimate of drug-likeness (QED) is 0.0545. The summed E-state index contributed by atoms with van der Waals surface area (Å²) in [5.74, 6) is -3.50. The van der Waals surface area contributed by atoms with Gasteiger partial charge in [0, 0.05) is 24.9 Å². The van der Waals surface area contributed by atoms with Crippen LogP contribution >= 0.6 is 0 Å². The second-order valence-corrected chi connectivity index (χ2v) is 9.31. The van der Waals surface area contributed by atoms with Gasteiger partial charge in [-0.15, -0.1) is 0 Å². The molecule has 0 saturated heterocycles. The maximum absolute atomic E-state index is 13.2. The van der Waals surface area contributed by atoms with E-state index in [-0.39, 0.29) is 31.3 Å². The zero-order valence-electron chi connectivity index (χ0n) is 22.0. The van der Waals surface area contributed by atoms with Gasteiger partial charge in [-0.1, -0.05) is 20.3 Å². The fourth-order valence-corrected chi connectivity index (χ4v) is 3.56. The number of amides is 3. The molecule has 0 spiro atoms.